The van der Waals surface area contributed by atoms with E-state index in [1.165, 1.54) is 31.4 Å². The van der Waals surface area contributed by atoms with Gasteiger partial charge in [-0.25, -0.2) is 0 Å². The SMILES string of the molecule is C[C@@H]1C=C2CC(O)CC[C@]2(C)[C@H]2CC[C@]3(C)C(n4cccc4)=CC[C@H]3[C@H]12. The minimum Gasteiger partial charge on any atom is -0.393 e. The fourth-order valence-corrected chi connectivity index (χ4v) is 7.44. The molecule has 4 aliphatic carbocycles. The maximum Gasteiger partial charge on any atom is 0.0577 e. The van der Waals surface area contributed by atoms with Gasteiger partial charge in [-0.3, -0.25) is 0 Å². The normalized spacial score (nSPS) is 47.5. The van der Waals surface area contributed by atoms with Gasteiger partial charge >= 0.3 is 0 Å². The van der Waals surface area contributed by atoms with E-state index in [-0.39, 0.29) is 6.10 Å². The smallest absolute Gasteiger partial charge is 0.0577 e. The monoisotopic (exact) mass is 351 g/mol. The average molecular weight is 352 g/mol. The molecule has 0 amide bonds. The Morgan fingerprint density at radius 2 is 1.77 bits per heavy atom. The molecule has 0 spiro atoms. The van der Waals surface area contributed by atoms with Gasteiger partial charge in [0.25, 0.3) is 0 Å². The van der Waals surface area contributed by atoms with E-state index in [0.29, 0.717) is 16.7 Å². The van der Waals surface area contributed by atoms with Gasteiger partial charge in [-0.1, -0.05) is 38.5 Å². The number of allylic oxidation sites excluding steroid dienone is 3. The minimum absolute atomic E-state index is 0.111. The van der Waals surface area contributed by atoms with Crippen LogP contribution in [-0.4, -0.2) is 15.8 Å². The highest BCUT2D eigenvalue weighted by atomic mass is 16.3. The molecule has 140 valence electrons. The van der Waals surface area contributed by atoms with Crippen LogP contribution in [0.1, 0.15) is 59.3 Å². The lowest BCUT2D eigenvalue weighted by atomic mass is 9.46. The summed E-state index contributed by atoms with van der Waals surface area (Å²) >= 11 is 0. The summed E-state index contributed by atoms with van der Waals surface area (Å²) < 4.78 is 2.37. The van der Waals surface area contributed by atoms with Gasteiger partial charge in [-0.2, -0.15) is 0 Å². The molecule has 1 aromatic heterocycles. The standard InChI is InChI=1S/C24H33NO/c1-16-14-17-15-18(26)8-10-23(17,2)20-9-11-24(3)19(22(16)20)6-7-21(24)25-12-4-5-13-25/h4-5,7,12-14,16,18-20,22,26H,6,8-11,15H2,1-3H3/t16-,18?,19+,20+,22+,23+,24+/m1/s1. The molecule has 4 aliphatic rings. The number of hydrogen-bond donors (Lipinski definition) is 1. The highest BCUT2D eigenvalue weighted by Gasteiger charge is 2.58. The number of aromatic nitrogens is 1. The van der Waals surface area contributed by atoms with E-state index in [1.807, 2.05) is 0 Å². The third-order valence-corrected chi connectivity index (χ3v) is 8.83. The van der Waals surface area contributed by atoms with Crippen molar-refractivity contribution in [2.45, 2.75) is 65.4 Å². The zero-order valence-corrected chi connectivity index (χ0v) is 16.5. The predicted molar refractivity (Wildman–Crippen MR) is 106 cm³/mol. The van der Waals surface area contributed by atoms with Crippen LogP contribution in [0.3, 0.4) is 0 Å². The number of aliphatic hydroxyl groups excluding tert-OH is 1. The molecule has 2 fully saturated rings. The van der Waals surface area contributed by atoms with Crippen LogP contribution >= 0.6 is 0 Å². The van der Waals surface area contributed by atoms with E-state index in [9.17, 15) is 5.11 Å². The van der Waals surface area contributed by atoms with Gasteiger partial charge < -0.3 is 9.67 Å². The largest absolute Gasteiger partial charge is 0.393 e. The molecule has 0 radical (unpaired) electrons. The maximum atomic E-state index is 10.2. The van der Waals surface area contributed by atoms with E-state index in [1.54, 1.807) is 5.57 Å². The molecule has 2 nitrogen and oxygen atoms in total. The molecule has 26 heavy (non-hydrogen) atoms. The summed E-state index contributed by atoms with van der Waals surface area (Å²) in [6.07, 6.45) is 16.4. The number of aliphatic hydroxyl groups is 1. The summed E-state index contributed by atoms with van der Waals surface area (Å²) in [6.45, 7) is 7.50. The molecule has 0 saturated heterocycles. The zero-order valence-electron chi connectivity index (χ0n) is 16.5. The van der Waals surface area contributed by atoms with Gasteiger partial charge in [0.15, 0.2) is 0 Å². The van der Waals surface area contributed by atoms with E-state index in [0.717, 1.165) is 30.6 Å². The molecule has 0 aromatic carbocycles. The van der Waals surface area contributed by atoms with E-state index in [4.69, 9.17) is 0 Å². The highest BCUT2D eigenvalue weighted by Crippen LogP contribution is 2.66. The molecule has 1 heterocycles. The third kappa shape index (κ3) is 2.14. The van der Waals surface area contributed by atoms with E-state index < -0.39 is 0 Å². The maximum absolute atomic E-state index is 10.2. The molecule has 1 aromatic rings. The lowest BCUT2D eigenvalue weighted by Gasteiger charge is -2.59. The Morgan fingerprint density at radius 3 is 2.54 bits per heavy atom. The molecule has 0 bridgehead atoms. The van der Waals surface area contributed by atoms with Crippen LogP contribution in [0.2, 0.25) is 0 Å². The van der Waals surface area contributed by atoms with E-state index >= 15 is 0 Å². The first kappa shape index (κ1) is 16.9. The number of nitrogens with zero attached hydrogens (tertiary/aromatic N) is 1. The van der Waals surface area contributed by atoms with Gasteiger partial charge in [-0.05, 0) is 79.7 Å². The summed E-state index contributed by atoms with van der Waals surface area (Å²) in [5.41, 5.74) is 3.75. The summed E-state index contributed by atoms with van der Waals surface area (Å²) in [6, 6.07) is 4.30. The summed E-state index contributed by atoms with van der Waals surface area (Å²) in [5.74, 6) is 2.97. The zero-order chi connectivity index (χ0) is 18.1. The van der Waals surface area contributed by atoms with Crippen molar-refractivity contribution in [3.63, 3.8) is 0 Å². The van der Waals surface area contributed by atoms with Crippen molar-refractivity contribution in [1.29, 1.82) is 0 Å². The van der Waals surface area contributed by atoms with Crippen molar-refractivity contribution in [3.8, 4) is 0 Å². The van der Waals surface area contributed by atoms with Crippen molar-refractivity contribution in [3.05, 3.63) is 42.3 Å². The molecule has 2 heteroatoms. The molecular formula is C24H33NO. The Labute approximate surface area is 158 Å². The predicted octanol–water partition coefficient (Wildman–Crippen LogP) is 5.51. The van der Waals surface area contributed by atoms with E-state index in [2.05, 4.69) is 62.0 Å². The summed E-state index contributed by atoms with van der Waals surface area (Å²) in [4.78, 5) is 0. The van der Waals surface area contributed by atoms with Crippen LogP contribution in [-0.2, 0) is 0 Å². The van der Waals surface area contributed by atoms with Crippen LogP contribution in [0, 0.1) is 34.5 Å². The van der Waals surface area contributed by atoms with Crippen molar-refractivity contribution < 1.29 is 5.11 Å². The fraction of sp³-hybridized carbons (Fsp3) is 0.667. The van der Waals surface area contributed by atoms with Gasteiger partial charge in [0.1, 0.15) is 0 Å². The summed E-state index contributed by atoms with van der Waals surface area (Å²) in [7, 11) is 0. The first-order chi connectivity index (χ1) is 12.4. The summed E-state index contributed by atoms with van der Waals surface area (Å²) in [5, 5.41) is 10.2. The molecule has 5 rings (SSSR count). The van der Waals surface area contributed by atoms with Crippen molar-refractivity contribution in [1.82, 2.24) is 4.57 Å². The molecule has 2 saturated carbocycles. The number of hydrogen-bond acceptors (Lipinski definition) is 1. The van der Waals surface area contributed by atoms with Crippen LogP contribution in [0.25, 0.3) is 5.70 Å². The highest BCUT2D eigenvalue weighted by molar-refractivity contribution is 5.57. The number of rotatable bonds is 1. The third-order valence-electron chi connectivity index (χ3n) is 8.83. The van der Waals surface area contributed by atoms with Crippen LogP contribution in [0.15, 0.2) is 42.3 Å². The fourth-order valence-electron chi connectivity index (χ4n) is 7.44. The van der Waals surface area contributed by atoms with Gasteiger partial charge in [-0.15, -0.1) is 0 Å². The van der Waals surface area contributed by atoms with Crippen LogP contribution in [0.4, 0.5) is 0 Å². The molecule has 1 N–H and O–H groups in total. The quantitative estimate of drug-likeness (QED) is 0.663. The second-order valence-electron chi connectivity index (χ2n) is 10.0. The van der Waals surface area contributed by atoms with Gasteiger partial charge in [0.05, 0.1) is 6.10 Å². The second-order valence-corrected chi connectivity index (χ2v) is 10.0. The first-order valence-electron chi connectivity index (χ1n) is 10.7. The molecule has 7 atom stereocenters. The average Bonchev–Trinajstić information content (AvgIpc) is 3.23. The van der Waals surface area contributed by atoms with Gasteiger partial charge in [0.2, 0.25) is 0 Å². The van der Waals surface area contributed by atoms with Crippen LogP contribution < -0.4 is 0 Å². The van der Waals surface area contributed by atoms with Crippen molar-refractivity contribution in [2.75, 3.05) is 0 Å². The van der Waals surface area contributed by atoms with Crippen molar-refractivity contribution >= 4 is 5.70 Å². The number of fused-ring (bicyclic) bond motifs is 5. The first-order valence-corrected chi connectivity index (χ1v) is 10.7. The Bertz CT molecular complexity index is 759. The lowest BCUT2D eigenvalue weighted by Crippen LogP contribution is -2.52. The Morgan fingerprint density at radius 1 is 1.04 bits per heavy atom. The Kier molecular flexibility index (Phi) is 3.64. The van der Waals surface area contributed by atoms with Gasteiger partial charge in [0, 0.05) is 23.5 Å². The molecule has 0 aliphatic heterocycles. The second kappa shape index (κ2) is 5.61. The Hall–Kier alpha value is -1.28. The Balaban J connectivity index is 1.52. The van der Waals surface area contributed by atoms with Crippen LogP contribution in [0.5, 0.6) is 0 Å². The topological polar surface area (TPSA) is 25.2 Å². The minimum atomic E-state index is -0.111. The lowest BCUT2D eigenvalue weighted by molar-refractivity contribution is -0.0436. The van der Waals surface area contributed by atoms with Crippen molar-refractivity contribution in [2.24, 2.45) is 34.5 Å². The molecular weight excluding hydrogens is 318 g/mol. The molecule has 1 unspecified atom stereocenters.